The highest BCUT2D eigenvalue weighted by Gasteiger charge is 2.35. The number of carboxylic acid groups (broad SMARTS) is 1. The average molecular weight is 414 g/mol. The second kappa shape index (κ2) is 7.10. The van der Waals surface area contributed by atoms with E-state index in [-0.39, 0.29) is 5.92 Å². The zero-order valence-electron chi connectivity index (χ0n) is 17.6. The molecule has 0 bridgehead atoms. The molecule has 1 fully saturated rings. The number of carboxylic acids is 1. The summed E-state index contributed by atoms with van der Waals surface area (Å²) >= 11 is 0. The lowest BCUT2D eigenvalue weighted by atomic mass is 9.80. The maximum absolute atomic E-state index is 11.8. The Morgan fingerprint density at radius 2 is 1.84 bits per heavy atom. The maximum Gasteiger partial charge on any atom is 0.335 e. The fourth-order valence-electron chi connectivity index (χ4n) is 6.28. The number of aliphatic hydroxyl groups excluding tert-OH is 1. The molecule has 3 aromatic rings. The van der Waals surface area contributed by atoms with Gasteiger partial charge in [-0.05, 0) is 54.0 Å². The predicted molar refractivity (Wildman–Crippen MR) is 122 cm³/mol. The van der Waals surface area contributed by atoms with E-state index in [0.717, 1.165) is 11.9 Å². The van der Waals surface area contributed by atoms with Crippen LogP contribution >= 0.6 is 0 Å². The van der Waals surface area contributed by atoms with E-state index in [1.54, 1.807) is 6.07 Å². The van der Waals surface area contributed by atoms with Crippen molar-refractivity contribution in [3.8, 4) is 11.3 Å². The molecular formula is C27H27NO3. The summed E-state index contributed by atoms with van der Waals surface area (Å²) in [6, 6.07) is 14.3. The van der Waals surface area contributed by atoms with Gasteiger partial charge in [-0.3, -0.25) is 0 Å². The number of benzene rings is 2. The predicted octanol–water partition coefficient (Wildman–Crippen LogP) is 5.84. The molecule has 1 aliphatic heterocycles. The van der Waals surface area contributed by atoms with E-state index in [4.69, 9.17) is 0 Å². The van der Waals surface area contributed by atoms with E-state index in [1.807, 2.05) is 18.2 Å². The van der Waals surface area contributed by atoms with Crippen LogP contribution in [0, 0.1) is 0 Å². The van der Waals surface area contributed by atoms with Crippen molar-refractivity contribution in [1.82, 2.24) is 4.57 Å². The lowest BCUT2D eigenvalue weighted by Crippen LogP contribution is -2.07. The summed E-state index contributed by atoms with van der Waals surface area (Å²) in [4.78, 5) is 11.8. The first-order valence-electron chi connectivity index (χ1n) is 11.5. The molecule has 1 aromatic heterocycles. The SMILES string of the molecule is O=C(O)c1ccc2c(C3CCCCC3)c3n(c2c1)CC1=C[C@H](O)CC1c1ccccc1-3. The van der Waals surface area contributed by atoms with Crippen molar-refractivity contribution in [1.29, 1.82) is 0 Å². The molecule has 6 rings (SSSR count). The van der Waals surface area contributed by atoms with E-state index < -0.39 is 12.1 Å². The molecule has 4 nitrogen and oxygen atoms in total. The van der Waals surface area contributed by atoms with Gasteiger partial charge in [-0.1, -0.05) is 55.7 Å². The normalized spacial score (nSPS) is 23.1. The third-order valence-electron chi connectivity index (χ3n) is 7.63. The fraction of sp³-hybridized carbons (Fsp3) is 0.370. The highest BCUT2D eigenvalue weighted by Crippen LogP contribution is 2.50. The number of aromatic nitrogens is 1. The van der Waals surface area contributed by atoms with Crippen molar-refractivity contribution < 1.29 is 15.0 Å². The lowest BCUT2D eigenvalue weighted by Gasteiger charge is -2.24. The number of fused-ring (bicyclic) bond motifs is 7. The van der Waals surface area contributed by atoms with Crippen LogP contribution in [0.5, 0.6) is 0 Å². The molecule has 31 heavy (non-hydrogen) atoms. The Kier molecular flexibility index (Phi) is 4.32. The third-order valence-corrected chi connectivity index (χ3v) is 7.63. The molecule has 2 atom stereocenters. The number of allylic oxidation sites excluding steroid dienone is 1. The summed E-state index contributed by atoms with van der Waals surface area (Å²) in [6.07, 6.45) is 8.54. The lowest BCUT2D eigenvalue weighted by molar-refractivity contribution is 0.0697. The Hall–Kier alpha value is -2.85. The smallest absolute Gasteiger partial charge is 0.335 e. The minimum Gasteiger partial charge on any atom is -0.478 e. The van der Waals surface area contributed by atoms with Gasteiger partial charge in [0.15, 0.2) is 0 Å². The molecule has 4 heteroatoms. The summed E-state index contributed by atoms with van der Waals surface area (Å²) in [5.74, 6) is -0.157. The van der Waals surface area contributed by atoms with E-state index in [1.165, 1.54) is 65.4 Å². The van der Waals surface area contributed by atoms with Crippen LogP contribution in [0.2, 0.25) is 0 Å². The zero-order chi connectivity index (χ0) is 21.1. The number of nitrogens with zero attached hydrogens (tertiary/aromatic N) is 1. The molecule has 1 unspecified atom stereocenters. The second-order valence-corrected chi connectivity index (χ2v) is 9.40. The highest BCUT2D eigenvalue weighted by molar-refractivity contribution is 5.98. The first-order valence-corrected chi connectivity index (χ1v) is 11.5. The number of rotatable bonds is 2. The van der Waals surface area contributed by atoms with Crippen LogP contribution in [-0.4, -0.2) is 26.9 Å². The quantitative estimate of drug-likeness (QED) is 0.519. The number of hydrogen-bond donors (Lipinski definition) is 2. The molecule has 158 valence electrons. The van der Waals surface area contributed by atoms with Crippen LogP contribution in [0.1, 0.15) is 71.8 Å². The molecule has 0 amide bonds. The summed E-state index contributed by atoms with van der Waals surface area (Å²) in [6.45, 7) is 0.706. The van der Waals surface area contributed by atoms with Crippen molar-refractivity contribution in [2.24, 2.45) is 0 Å². The molecule has 0 radical (unpaired) electrons. The topological polar surface area (TPSA) is 62.5 Å². The first kappa shape index (κ1) is 18.9. The number of hydrogen-bond acceptors (Lipinski definition) is 2. The largest absolute Gasteiger partial charge is 0.478 e. The van der Waals surface area contributed by atoms with Crippen LogP contribution in [-0.2, 0) is 6.54 Å². The minimum atomic E-state index is -0.890. The Morgan fingerprint density at radius 3 is 2.65 bits per heavy atom. The summed E-state index contributed by atoms with van der Waals surface area (Å²) in [7, 11) is 0. The maximum atomic E-state index is 11.8. The molecular weight excluding hydrogens is 386 g/mol. The van der Waals surface area contributed by atoms with Crippen molar-refractivity contribution >= 4 is 16.9 Å². The van der Waals surface area contributed by atoms with E-state index in [2.05, 4.69) is 28.8 Å². The summed E-state index contributed by atoms with van der Waals surface area (Å²) in [5, 5.41) is 21.2. The van der Waals surface area contributed by atoms with Crippen LogP contribution in [0.25, 0.3) is 22.2 Å². The monoisotopic (exact) mass is 413 g/mol. The number of aromatic carboxylic acids is 1. The second-order valence-electron chi connectivity index (χ2n) is 9.40. The van der Waals surface area contributed by atoms with Gasteiger partial charge in [0.2, 0.25) is 0 Å². The van der Waals surface area contributed by atoms with Crippen molar-refractivity contribution in [2.45, 2.75) is 63.0 Å². The van der Waals surface area contributed by atoms with Crippen molar-refractivity contribution in [3.05, 3.63) is 70.8 Å². The Balaban J connectivity index is 1.70. The van der Waals surface area contributed by atoms with Crippen LogP contribution < -0.4 is 0 Å². The van der Waals surface area contributed by atoms with Crippen LogP contribution in [0.4, 0.5) is 0 Å². The van der Waals surface area contributed by atoms with Gasteiger partial charge in [-0.2, -0.15) is 0 Å². The number of aliphatic hydroxyl groups is 1. The van der Waals surface area contributed by atoms with Gasteiger partial charge in [0, 0.05) is 28.9 Å². The highest BCUT2D eigenvalue weighted by atomic mass is 16.4. The molecule has 2 aromatic carbocycles. The van der Waals surface area contributed by atoms with Gasteiger partial charge >= 0.3 is 5.97 Å². The molecule has 0 spiro atoms. The van der Waals surface area contributed by atoms with E-state index >= 15 is 0 Å². The van der Waals surface area contributed by atoms with Gasteiger partial charge in [0.1, 0.15) is 0 Å². The van der Waals surface area contributed by atoms with Gasteiger partial charge in [0.05, 0.1) is 17.4 Å². The Morgan fingerprint density at radius 1 is 1.03 bits per heavy atom. The first-order chi connectivity index (χ1) is 15.1. The van der Waals surface area contributed by atoms with Crippen LogP contribution in [0.15, 0.2) is 54.1 Å². The Bertz CT molecular complexity index is 1230. The fourth-order valence-corrected chi connectivity index (χ4v) is 6.28. The molecule has 2 N–H and O–H groups in total. The molecule has 1 saturated carbocycles. The summed E-state index contributed by atoms with van der Waals surface area (Å²) < 4.78 is 2.34. The molecule has 3 aliphatic rings. The number of carbonyl (C=O) groups is 1. The van der Waals surface area contributed by atoms with Crippen molar-refractivity contribution in [3.63, 3.8) is 0 Å². The van der Waals surface area contributed by atoms with Gasteiger partial charge in [-0.25, -0.2) is 4.79 Å². The van der Waals surface area contributed by atoms with E-state index in [9.17, 15) is 15.0 Å². The third kappa shape index (κ3) is 2.89. The molecule has 2 aliphatic carbocycles. The summed E-state index contributed by atoms with van der Waals surface area (Å²) in [5.41, 5.74) is 7.79. The molecule has 2 heterocycles. The standard InChI is InChI=1S/C27H27NO3/c29-19-12-18-15-28-24-13-17(27(30)31)10-11-22(24)25(16-6-2-1-3-7-16)26(28)21-9-5-4-8-20(21)23(18)14-19/h4-5,8-13,16,19,23,29H,1-3,6-7,14-15H2,(H,30,31)/t19-,23?/m0/s1. The minimum absolute atomic E-state index is 0.225. The average Bonchev–Trinajstić information content (AvgIpc) is 3.28. The van der Waals surface area contributed by atoms with Gasteiger partial charge in [-0.15, -0.1) is 0 Å². The van der Waals surface area contributed by atoms with E-state index in [0.29, 0.717) is 18.0 Å². The van der Waals surface area contributed by atoms with Crippen LogP contribution in [0.3, 0.4) is 0 Å². The molecule has 0 saturated heterocycles. The van der Waals surface area contributed by atoms with Gasteiger partial charge in [0.25, 0.3) is 0 Å². The zero-order valence-corrected chi connectivity index (χ0v) is 17.6. The van der Waals surface area contributed by atoms with Gasteiger partial charge < -0.3 is 14.8 Å². The van der Waals surface area contributed by atoms with Crippen molar-refractivity contribution in [2.75, 3.05) is 0 Å². The Labute approximate surface area is 181 Å².